The average Bonchev–Trinajstić information content (AvgIpc) is 3.00. The van der Waals surface area contributed by atoms with Crippen LogP contribution >= 0.6 is 0 Å². The second-order valence-corrected chi connectivity index (χ2v) is 9.52. The zero-order valence-electron chi connectivity index (χ0n) is 22.1. The molecule has 3 aromatic carbocycles. The number of nitrogens with one attached hydrogen (secondary N) is 2. The van der Waals surface area contributed by atoms with Gasteiger partial charge in [0.15, 0.2) is 5.41 Å². The minimum absolute atomic E-state index is 0.109. The smallest absolute Gasteiger partial charge is 0.327 e. The van der Waals surface area contributed by atoms with Crippen LogP contribution in [-0.2, 0) is 37.2 Å². The number of hydroxylamine groups is 1. The van der Waals surface area contributed by atoms with Crippen molar-refractivity contribution in [1.29, 1.82) is 0 Å². The highest BCUT2D eigenvalue weighted by molar-refractivity contribution is 6.07. The molecule has 8 nitrogen and oxygen atoms in total. The van der Waals surface area contributed by atoms with Gasteiger partial charge >= 0.3 is 5.97 Å². The molecule has 0 bridgehead atoms. The molecule has 0 heterocycles. The highest BCUT2D eigenvalue weighted by Gasteiger charge is 2.45. The molecule has 2 atom stereocenters. The third-order valence-electron chi connectivity index (χ3n) is 6.70. The molecule has 2 unspecified atom stereocenters. The van der Waals surface area contributed by atoms with Crippen LogP contribution < -0.4 is 10.8 Å². The van der Waals surface area contributed by atoms with Crippen molar-refractivity contribution in [3.05, 3.63) is 132 Å². The van der Waals surface area contributed by atoms with Crippen LogP contribution in [0.4, 0.5) is 0 Å². The van der Waals surface area contributed by atoms with Crippen molar-refractivity contribution in [2.45, 2.75) is 38.2 Å². The predicted octanol–water partition coefficient (Wildman–Crippen LogP) is 4.31. The first kappa shape index (κ1) is 28.5. The van der Waals surface area contributed by atoms with Crippen LogP contribution in [0, 0.1) is 5.41 Å². The first-order valence-electron chi connectivity index (χ1n) is 13.0. The van der Waals surface area contributed by atoms with Crippen LogP contribution in [0.3, 0.4) is 0 Å². The lowest BCUT2D eigenvalue weighted by Crippen LogP contribution is -2.57. The number of hydrogen-bond donors (Lipinski definition) is 3. The molecule has 0 aromatic heterocycles. The maximum absolute atomic E-state index is 13.5. The van der Waals surface area contributed by atoms with Gasteiger partial charge in [-0.1, -0.05) is 115 Å². The second-order valence-electron chi connectivity index (χ2n) is 9.52. The Labute approximate surface area is 233 Å². The summed E-state index contributed by atoms with van der Waals surface area (Å²) in [4.78, 5) is 44.5. The fourth-order valence-corrected chi connectivity index (χ4v) is 4.30. The summed E-state index contributed by atoms with van der Waals surface area (Å²) < 4.78 is 5.92. The van der Waals surface area contributed by atoms with Gasteiger partial charge in [0.25, 0.3) is 5.91 Å². The summed E-state index contributed by atoms with van der Waals surface area (Å²) in [7, 11) is 0. The number of hydrogen-bond acceptors (Lipinski definition) is 5. The van der Waals surface area contributed by atoms with Crippen molar-refractivity contribution in [2.75, 3.05) is 0 Å². The fraction of sp³-hybridized carbons (Fsp3) is 0.219. The molecule has 0 aliphatic heterocycles. The zero-order chi connectivity index (χ0) is 28.4. The molecule has 4 rings (SSSR count). The van der Waals surface area contributed by atoms with E-state index in [4.69, 9.17) is 9.57 Å². The molecule has 40 heavy (non-hydrogen) atoms. The van der Waals surface area contributed by atoms with Gasteiger partial charge in [-0.15, -0.1) is 0 Å². The summed E-state index contributed by atoms with van der Waals surface area (Å²) in [6.07, 6.45) is 5.26. The van der Waals surface area contributed by atoms with Gasteiger partial charge < -0.3 is 15.2 Å². The van der Waals surface area contributed by atoms with E-state index in [-0.39, 0.29) is 19.1 Å². The van der Waals surface area contributed by atoms with Crippen LogP contribution in [0.1, 0.15) is 29.5 Å². The summed E-state index contributed by atoms with van der Waals surface area (Å²) in [5, 5.41) is 12.7. The third kappa shape index (κ3) is 7.11. The first-order chi connectivity index (χ1) is 19.4. The van der Waals surface area contributed by atoms with E-state index in [0.29, 0.717) is 0 Å². The maximum Gasteiger partial charge on any atom is 0.327 e. The number of aliphatic carboxylic acids is 1. The van der Waals surface area contributed by atoms with Gasteiger partial charge in [0, 0.05) is 5.92 Å². The van der Waals surface area contributed by atoms with Crippen LogP contribution in [0.15, 0.2) is 115 Å². The Morgan fingerprint density at radius 1 is 0.825 bits per heavy atom. The van der Waals surface area contributed by atoms with Crippen molar-refractivity contribution < 1.29 is 29.1 Å². The fourth-order valence-electron chi connectivity index (χ4n) is 4.30. The van der Waals surface area contributed by atoms with Gasteiger partial charge in [-0.25, -0.2) is 5.48 Å². The maximum atomic E-state index is 13.5. The Hall–Kier alpha value is -4.53. The van der Waals surface area contributed by atoms with Crippen LogP contribution in [0.25, 0.3) is 0 Å². The van der Waals surface area contributed by atoms with Crippen LogP contribution in [0.2, 0.25) is 0 Å². The summed E-state index contributed by atoms with van der Waals surface area (Å²) in [6, 6.07) is 26.9. The summed E-state index contributed by atoms with van der Waals surface area (Å²) in [5.41, 5.74) is 3.06. The van der Waals surface area contributed by atoms with Crippen molar-refractivity contribution in [2.24, 2.45) is 5.41 Å². The lowest BCUT2D eigenvalue weighted by molar-refractivity contribution is -0.153. The molecule has 206 valence electrons. The molecular formula is C32H32N2O6. The van der Waals surface area contributed by atoms with Crippen molar-refractivity contribution in [1.82, 2.24) is 10.8 Å². The van der Waals surface area contributed by atoms with Crippen LogP contribution in [-0.4, -0.2) is 35.0 Å². The molecule has 0 spiro atoms. The molecular weight excluding hydrogens is 508 g/mol. The SMILES string of the molecule is CC(OCc1ccccc1)C(NC(=O)C1(C(=O)O)C=CC(c2ccccc2)C=C1)C(=O)NOCc1ccccc1. The van der Waals surface area contributed by atoms with E-state index < -0.39 is 35.3 Å². The van der Waals surface area contributed by atoms with Gasteiger partial charge in [0.1, 0.15) is 6.04 Å². The molecule has 0 fully saturated rings. The van der Waals surface area contributed by atoms with E-state index in [1.807, 2.05) is 91.0 Å². The average molecular weight is 541 g/mol. The Kier molecular flexibility index (Phi) is 9.62. The molecule has 0 radical (unpaired) electrons. The van der Waals surface area contributed by atoms with Crippen molar-refractivity contribution in [3.63, 3.8) is 0 Å². The highest BCUT2D eigenvalue weighted by Crippen LogP contribution is 2.33. The number of carbonyl (C=O) groups is 3. The second kappa shape index (κ2) is 13.5. The standard InChI is InChI=1S/C32H32N2O6/c1-23(39-21-24-11-5-2-6-12-24)28(29(35)34-40-22-25-13-7-3-8-14-25)33-30(36)32(31(37)38)19-17-27(18-20-32)26-15-9-4-10-16-26/h2-20,23,27-28H,21-22H2,1H3,(H,33,36)(H,34,35)(H,37,38). The Morgan fingerprint density at radius 2 is 1.35 bits per heavy atom. The van der Waals surface area contributed by atoms with E-state index in [1.54, 1.807) is 19.1 Å². The quantitative estimate of drug-likeness (QED) is 0.179. The van der Waals surface area contributed by atoms with E-state index in [9.17, 15) is 19.5 Å². The van der Waals surface area contributed by atoms with Crippen LogP contribution in [0.5, 0.6) is 0 Å². The topological polar surface area (TPSA) is 114 Å². The number of allylic oxidation sites excluding steroid dienone is 2. The van der Waals surface area contributed by atoms with Gasteiger partial charge in [-0.3, -0.25) is 19.2 Å². The molecule has 0 saturated heterocycles. The zero-order valence-corrected chi connectivity index (χ0v) is 22.1. The third-order valence-corrected chi connectivity index (χ3v) is 6.70. The molecule has 3 N–H and O–H groups in total. The number of carboxylic acids is 1. The Bertz CT molecular complexity index is 1330. The van der Waals surface area contributed by atoms with E-state index in [0.717, 1.165) is 16.7 Å². The number of ether oxygens (including phenoxy) is 1. The minimum atomic E-state index is -1.99. The largest absolute Gasteiger partial charge is 0.480 e. The number of carbonyl (C=O) groups excluding carboxylic acids is 2. The molecule has 0 saturated carbocycles. The molecule has 1 aliphatic rings. The van der Waals surface area contributed by atoms with Gasteiger partial charge in [0.2, 0.25) is 5.91 Å². The number of rotatable bonds is 12. The molecule has 3 aromatic rings. The van der Waals surface area contributed by atoms with Crippen molar-refractivity contribution >= 4 is 17.8 Å². The van der Waals surface area contributed by atoms with E-state index in [1.165, 1.54) is 12.2 Å². The van der Waals surface area contributed by atoms with Gasteiger partial charge in [-0.05, 0) is 23.6 Å². The molecule has 8 heteroatoms. The number of carboxylic acid groups (broad SMARTS) is 1. The highest BCUT2D eigenvalue weighted by atomic mass is 16.7. The Balaban J connectivity index is 1.49. The molecule has 2 amide bonds. The Morgan fingerprint density at radius 3 is 1.90 bits per heavy atom. The monoisotopic (exact) mass is 540 g/mol. The van der Waals surface area contributed by atoms with E-state index >= 15 is 0 Å². The number of benzene rings is 3. The van der Waals surface area contributed by atoms with Crippen molar-refractivity contribution in [3.8, 4) is 0 Å². The number of amides is 2. The van der Waals surface area contributed by atoms with E-state index in [2.05, 4.69) is 10.8 Å². The van der Waals surface area contributed by atoms with Gasteiger partial charge in [0.05, 0.1) is 19.3 Å². The molecule has 1 aliphatic carbocycles. The minimum Gasteiger partial charge on any atom is -0.480 e. The summed E-state index contributed by atoms with van der Waals surface area (Å²) >= 11 is 0. The normalized spacial score (nSPS) is 19.4. The lowest BCUT2D eigenvalue weighted by Gasteiger charge is -2.30. The lowest BCUT2D eigenvalue weighted by atomic mass is 9.79. The van der Waals surface area contributed by atoms with Gasteiger partial charge in [-0.2, -0.15) is 0 Å². The predicted molar refractivity (Wildman–Crippen MR) is 150 cm³/mol. The summed E-state index contributed by atoms with van der Waals surface area (Å²) in [5.74, 6) is -3.07. The summed E-state index contributed by atoms with van der Waals surface area (Å²) in [6.45, 7) is 1.93. The first-order valence-corrected chi connectivity index (χ1v) is 13.0.